The number of nitrogens with zero attached hydrogens (tertiary/aromatic N) is 1. The fourth-order valence-electron chi connectivity index (χ4n) is 1.98. The van der Waals surface area contributed by atoms with Crippen molar-refractivity contribution in [3.8, 4) is 0 Å². The van der Waals surface area contributed by atoms with E-state index in [1.54, 1.807) is 4.90 Å². The van der Waals surface area contributed by atoms with Crippen LogP contribution in [0.15, 0.2) is 0 Å². The number of carbonyl (C=O) groups is 1. The van der Waals surface area contributed by atoms with Gasteiger partial charge in [0, 0.05) is 19.1 Å². The van der Waals surface area contributed by atoms with E-state index in [9.17, 15) is 4.79 Å². The van der Waals surface area contributed by atoms with Gasteiger partial charge in [0.1, 0.15) is 0 Å². The summed E-state index contributed by atoms with van der Waals surface area (Å²) in [7, 11) is 0. The number of ether oxygens (including phenoxy) is 1. The zero-order valence-corrected chi connectivity index (χ0v) is 8.87. The van der Waals surface area contributed by atoms with Gasteiger partial charge in [0.05, 0.1) is 6.61 Å². The standard InChI is InChI=1S/C10H20N2O2/c1-2-14-10(13)12(8-7-11)9-5-3-4-6-9/h9H,2-8,11H2,1H3. The smallest absolute Gasteiger partial charge is 0.410 e. The van der Waals surface area contributed by atoms with Crippen LogP contribution in [0.4, 0.5) is 4.79 Å². The van der Waals surface area contributed by atoms with E-state index in [1.165, 1.54) is 12.8 Å². The SMILES string of the molecule is CCOC(=O)N(CCN)C1CCCC1. The Hall–Kier alpha value is -0.770. The van der Waals surface area contributed by atoms with Gasteiger partial charge >= 0.3 is 6.09 Å². The van der Waals surface area contributed by atoms with Crippen LogP contribution in [0.5, 0.6) is 0 Å². The first kappa shape index (κ1) is 11.3. The minimum Gasteiger partial charge on any atom is -0.450 e. The van der Waals surface area contributed by atoms with Crippen LogP contribution < -0.4 is 5.73 Å². The highest BCUT2D eigenvalue weighted by molar-refractivity contribution is 5.68. The summed E-state index contributed by atoms with van der Waals surface area (Å²) in [6, 6.07) is 0.359. The van der Waals surface area contributed by atoms with E-state index in [0.29, 0.717) is 25.7 Å². The second-order valence-electron chi connectivity index (χ2n) is 3.62. The van der Waals surface area contributed by atoms with Crippen molar-refractivity contribution in [1.82, 2.24) is 4.90 Å². The van der Waals surface area contributed by atoms with E-state index in [4.69, 9.17) is 10.5 Å². The Balaban J connectivity index is 2.48. The van der Waals surface area contributed by atoms with Crippen LogP contribution in [-0.4, -0.2) is 36.7 Å². The van der Waals surface area contributed by atoms with Crippen LogP contribution >= 0.6 is 0 Å². The van der Waals surface area contributed by atoms with E-state index >= 15 is 0 Å². The summed E-state index contributed by atoms with van der Waals surface area (Å²) in [4.78, 5) is 13.4. The molecule has 1 rings (SSSR count). The Labute approximate surface area is 85.4 Å². The van der Waals surface area contributed by atoms with Crippen LogP contribution in [0.2, 0.25) is 0 Å². The van der Waals surface area contributed by atoms with Gasteiger partial charge in [-0.2, -0.15) is 0 Å². The zero-order chi connectivity index (χ0) is 10.4. The first-order valence-electron chi connectivity index (χ1n) is 5.43. The maximum Gasteiger partial charge on any atom is 0.410 e. The minimum atomic E-state index is -0.204. The molecule has 0 aliphatic heterocycles. The molecular formula is C10H20N2O2. The van der Waals surface area contributed by atoms with Crippen molar-refractivity contribution in [2.75, 3.05) is 19.7 Å². The molecule has 0 aromatic heterocycles. The molecule has 14 heavy (non-hydrogen) atoms. The lowest BCUT2D eigenvalue weighted by molar-refractivity contribution is 0.0922. The Morgan fingerprint density at radius 1 is 1.50 bits per heavy atom. The van der Waals surface area contributed by atoms with E-state index in [1.807, 2.05) is 6.92 Å². The predicted molar refractivity (Wildman–Crippen MR) is 55.0 cm³/mol. The average Bonchev–Trinajstić information content (AvgIpc) is 2.67. The first-order chi connectivity index (χ1) is 6.79. The molecule has 1 amide bonds. The van der Waals surface area contributed by atoms with Gasteiger partial charge in [-0.25, -0.2) is 4.79 Å². The molecule has 1 aliphatic carbocycles. The summed E-state index contributed by atoms with van der Waals surface area (Å²) in [6.45, 7) is 3.39. The normalized spacial score (nSPS) is 17.0. The molecule has 0 saturated heterocycles. The predicted octanol–water partition coefficient (Wildman–Crippen LogP) is 1.35. The minimum absolute atomic E-state index is 0.204. The van der Waals surface area contributed by atoms with Crippen molar-refractivity contribution in [1.29, 1.82) is 0 Å². The third-order valence-corrected chi connectivity index (χ3v) is 2.64. The molecule has 0 atom stereocenters. The second kappa shape index (κ2) is 5.86. The van der Waals surface area contributed by atoms with Crippen molar-refractivity contribution in [3.05, 3.63) is 0 Å². The number of rotatable bonds is 4. The Morgan fingerprint density at radius 3 is 2.64 bits per heavy atom. The fourth-order valence-corrected chi connectivity index (χ4v) is 1.98. The molecule has 0 aromatic rings. The lowest BCUT2D eigenvalue weighted by Gasteiger charge is -2.27. The van der Waals surface area contributed by atoms with Gasteiger partial charge < -0.3 is 15.4 Å². The van der Waals surface area contributed by atoms with Crippen LogP contribution in [0.1, 0.15) is 32.6 Å². The number of hydrogen-bond acceptors (Lipinski definition) is 3. The van der Waals surface area contributed by atoms with E-state index in [0.717, 1.165) is 12.8 Å². The molecule has 4 nitrogen and oxygen atoms in total. The number of nitrogens with two attached hydrogens (primary N) is 1. The van der Waals surface area contributed by atoms with Gasteiger partial charge in [0.25, 0.3) is 0 Å². The second-order valence-corrected chi connectivity index (χ2v) is 3.62. The molecular weight excluding hydrogens is 180 g/mol. The molecule has 0 heterocycles. The summed E-state index contributed by atoms with van der Waals surface area (Å²) in [5.74, 6) is 0. The molecule has 1 fully saturated rings. The van der Waals surface area contributed by atoms with E-state index in [2.05, 4.69) is 0 Å². The van der Waals surface area contributed by atoms with Gasteiger partial charge in [-0.3, -0.25) is 0 Å². The highest BCUT2D eigenvalue weighted by Crippen LogP contribution is 2.23. The fraction of sp³-hybridized carbons (Fsp3) is 0.900. The van der Waals surface area contributed by atoms with Gasteiger partial charge in [0.2, 0.25) is 0 Å². The summed E-state index contributed by atoms with van der Waals surface area (Å²) in [6.07, 6.45) is 4.42. The largest absolute Gasteiger partial charge is 0.450 e. The maximum absolute atomic E-state index is 11.6. The van der Waals surface area contributed by atoms with E-state index in [-0.39, 0.29) is 6.09 Å². The average molecular weight is 200 g/mol. The number of amides is 1. The van der Waals surface area contributed by atoms with Gasteiger partial charge in [-0.1, -0.05) is 12.8 Å². The summed E-state index contributed by atoms with van der Waals surface area (Å²) < 4.78 is 5.00. The lowest BCUT2D eigenvalue weighted by atomic mass is 10.2. The van der Waals surface area contributed by atoms with Crippen LogP contribution in [0.3, 0.4) is 0 Å². The van der Waals surface area contributed by atoms with Crippen molar-refractivity contribution >= 4 is 6.09 Å². The molecule has 2 N–H and O–H groups in total. The Bertz CT molecular complexity index is 179. The van der Waals surface area contributed by atoms with Crippen molar-refractivity contribution in [2.45, 2.75) is 38.6 Å². The van der Waals surface area contributed by atoms with Crippen LogP contribution in [-0.2, 0) is 4.74 Å². The van der Waals surface area contributed by atoms with Crippen molar-refractivity contribution in [3.63, 3.8) is 0 Å². The quantitative estimate of drug-likeness (QED) is 0.745. The molecule has 0 bridgehead atoms. The number of hydrogen-bond donors (Lipinski definition) is 1. The highest BCUT2D eigenvalue weighted by atomic mass is 16.6. The molecule has 0 spiro atoms. The zero-order valence-electron chi connectivity index (χ0n) is 8.87. The monoisotopic (exact) mass is 200 g/mol. The topological polar surface area (TPSA) is 55.6 Å². The molecule has 82 valence electrons. The third-order valence-electron chi connectivity index (χ3n) is 2.64. The molecule has 0 unspecified atom stereocenters. The van der Waals surface area contributed by atoms with E-state index < -0.39 is 0 Å². The molecule has 0 radical (unpaired) electrons. The van der Waals surface area contributed by atoms with Gasteiger partial charge in [-0.15, -0.1) is 0 Å². The Morgan fingerprint density at radius 2 is 2.14 bits per heavy atom. The summed E-state index contributed by atoms with van der Waals surface area (Å²) in [5, 5.41) is 0. The lowest BCUT2D eigenvalue weighted by Crippen LogP contribution is -2.42. The first-order valence-corrected chi connectivity index (χ1v) is 5.43. The Kier molecular flexibility index (Phi) is 4.73. The van der Waals surface area contributed by atoms with Gasteiger partial charge in [0.15, 0.2) is 0 Å². The van der Waals surface area contributed by atoms with Crippen LogP contribution in [0.25, 0.3) is 0 Å². The van der Waals surface area contributed by atoms with Crippen molar-refractivity contribution in [2.24, 2.45) is 5.73 Å². The molecule has 1 aliphatic rings. The van der Waals surface area contributed by atoms with Crippen LogP contribution in [0, 0.1) is 0 Å². The van der Waals surface area contributed by atoms with Crippen molar-refractivity contribution < 1.29 is 9.53 Å². The third kappa shape index (κ3) is 2.87. The number of carbonyl (C=O) groups excluding carboxylic acids is 1. The summed E-state index contributed by atoms with van der Waals surface area (Å²) in [5.41, 5.74) is 5.48. The van der Waals surface area contributed by atoms with Gasteiger partial charge in [-0.05, 0) is 19.8 Å². The molecule has 0 aromatic carbocycles. The summed E-state index contributed by atoms with van der Waals surface area (Å²) >= 11 is 0. The molecule has 1 saturated carbocycles. The maximum atomic E-state index is 11.6. The molecule has 4 heteroatoms. The highest BCUT2D eigenvalue weighted by Gasteiger charge is 2.26.